The van der Waals surface area contributed by atoms with Gasteiger partial charge in [-0.2, -0.15) is 13.9 Å². The van der Waals surface area contributed by atoms with Crippen LogP contribution in [0.5, 0.6) is 5.75 Å². The third-order valence-corrected chi connectivity index (χ3v) is 7.06. The van der Waals surface area contributed by atoms with Crippen molar-refractivity contribution in [3.63, 3.8) is 0 Å². The van der Waals surface area contributed by atoms with E-state index in [0.717, 1.165) is 12.4 Å². The molecule has 2 aliphatic heterocycles. The number of para-hydroxylation sites is 1. The summed E-state index contributed by atoms with van der Waals surface area (Å²) in [5, 5.41) is 12.7. The average Bonchev–Trinajstić information content (AvgIpc) is 3.23. The maximum Gasteiger partial charge on any atom is 0.459 e. The molecule has 0 saturated carbocycles. The number of aliphatic hydroxyl groups is 1. The first-order chi connectivity index (χ1) is 16.1. The summed E-state index contributed by atoms with van der Waals surface area (Å²) in [6.45, 7) is -0.365. The van der Waals surface area contributed by atoms with Crippen LogP contribution in [-0.4, -0.2) is 69.8 Å². The molecular weight excluding hydrogens is 477 g/mol. The van der Waals surface area contributed by atoms with Crippen molar-refractivity contribution in [2.24, 2.45) is 0 Å². The van der Waals surface area contributed by atoms with E-state index in [1.165, 1.54) is 23.1 Å². The van der Waals surface area contributed by atoms with Gasteiger partial charge in [0.05, 0.1) is 12.6 Å². The topological polar surface area (TPSA) is 132 Å². The number of alkyl halides is 2. The first-order valence-corrected chi connectivity index (χ1v) is 11.9. The van der Waals surface area contributed by atoms with Crippen molar-refractivity contribution in [1.82, 2.24) is 19.5 Å². The minimum absolute atomic E-state index is 0.148. The van der Waals surface area contributed by atoms with E-state index in [4.69, 9.17) is 13.8 Å². The van der Waals surface area contributed by atoms with Gasteiger partial charge in [0.1, 0.15) is 11.9 Å². The maximum atomic E-state index is 14.7. The number of aromatic nitrogens is 2. The lowest BCUT2D eigenvalue weighted by molar-refractivity contribution is -0.140. The summed E-state index contributed by atoms with van der Waals surface area (Å²) >= 11 is 0. The largest absolute Gasteiger partial charge is 0.459 e. The molecule has 0 spiro atoms. The standard InChI is InChI=1S/C20H23F2N4O7P/c1-25-11-8-14(17(25)28)24-34(30,33-13-6-3-2-4-7-13)31-12-15-16(27)20(21,22)18(32-15)26-10-5-9-23-19(26)29/h2-7,9-10,14-16,18,27H,8,11-12H2,1H3,(H,24,30)/t14?,15?,16-,18-,34-/m1/s1. The van der Waals surface area contributed by atoms with Crippen molar-refractivity contribution in [1.29, 1.82) is 0 Å². The molecule has 1 aromatic heterocycles. The van der Waals surface area contributed by atoms with Crippen LogP contribution >= 0.6 is 7.75 Å². The molecule has 184 valence electrons. The number of carbonyl (C=O) groups is 1. The van der Waals surface area contributed by atoms with Crippen molar-refractivity contribution < 1.29 is 37.0 Å². The minimum Gasteiger partial charge on any atom is -0.413 e. The Hall–Kier alpha value is -2.70. The molecule has 1 aromatic carbocycles. The molecule has 2 aliphatic rings. The number of ether oxygens (including phenoxy) is 1. The van der Waals surface area contributed by atoms with Gasteiger partial charge in [-0.05, 0) is 24.6 Å². The Morgan fingerprint density at radius 2 is 2.03 bits per heavy atom. The molecule has 2 unspecified atom stereocenters. The van der Waals surface area contributed by atoms with Crippen LogP contribution in [0.1, 0.15) is 12.6 Å². The second kappa shape index (κ2) is 9.51. The number of benzene rings is 1. The average molecular weight is 500 g/mol. The van der Waals surface area contributed by atoms with E-state index in [0.29, 0.717) is 17.5 Å². The van der Waals surface area contributed by atoms with E-state index in [1.54, 1.807) is 25.2 Å². The molecule has 3 heterocycles. The number of hydrogen-bond acceptors (Lipinski definition) is 8. The fourth-order valence-electron chi connectivity index (χ4n) is 3.67. The fraction of sp³-hybridized carbons (Fsp3) is 0.450. The molecule has 1 amide bonds. The third-order valence-electron chi connectivity index (χ3n) is 5.49. The molecule has 2 aromatic rings. The maximum absolute atomic E-state index is 14.7. The molecule has 0 bridgehead atoms. The highest BCUT2D eigenvalue weighted by molar-refractivity contribution is 7.52. The number of halogens is 2. The van der Waals surface area contributed by atoms with E-state index in [9.17, 15) is 28.0 Å². The molecule has 0 aliphatic carbocycles. The molecule has 4 rings (SSSR count). The van der Waals surface area contributed by atoms with Crippen LogP contribution in [0.15, 0.2) is 53.6 Å². The minimum atomic E-state index is -4.29. The second-order valence-electron chi connectivity index (χ2n) is 7.88. The molecule has 0 radical (unpaired) electrons. The zero-order valence-electron chi connectivity index (χ0n) is 18.0. The quantitative estimate of drug-likeness (QED) is 0.513. The molecule has 14 heteroatoms. The molecule has 11 nitrogen and oxygen atoms in total. The molecule has 2 fully saturated rings. The van der Waals surface area contributed by atoms with E-state index in [-0.39, 0.29) is 11.7 Å². The molecule has 2 saturated heterocycles. The number of nitrogens with zero attached hydrogens (tertiary/aromatic N) is 3. The first-order valence-electron chi connectivity index (χ1n) is 10.4. The van der Waals surface area contributed by atoms with Crippen molar-refractivity contribution in [2.75, 3.05) is 20.2 Å². The Kier molecular flexibility index (Phi) is 6.83. The van der Waals surface area contributed by atoms with Gasteiger partial charge in [-0.25, -0.2) is 14.3 Å². The lowest BCUT2D eigenvalue weighted by Gasteiger charge is -2.24. The van der Waals surface area contributed by atoms with Crippen LogP contribution in [0, 0.1) is 0 Å². The van der Waals surface area contributed by atoms with E-state index >= 15 is 0 Å². The number of hydrogen-bond donors (Lipinski definition) is 2. The highest BCUT2D eigenvalue weighted by Gasteiger charge is 2.60. The second-order valence-corrected chi connectivity index (χ2v) is 9.58. The van der Waals surface area contributed by atoms with Gasteiger partial charge in [-0.15, -0.1) is 0 Å². The number of nitrogens with one attached hydrogen (secondary N) is 1. The summed E-state index contributed by atoms with van der Waals surface area (Å²) in [6, 6.07) is 8.33. The Balaban J connectivity index is 1.52. The van der Waals surface area contributed by atoms with Crippen LogP contribution in [0.4, 0.5) is 8.78 Å². The van der Waals surface area contributed by atoms with E-state index in [2.05, 4.69) is 10.1 Å². The highest BCUT2D eigenvalue weighted by atomic mass is 31.2. The normalized spacial score (nSPS) is 28.1. The Labute approximate surface area is 192 Å². The first kappa shape index (κ1) is 24.4. The number of likely N-dealkylation sites (N-methyl/N-ethyl adjacent to an activating group) is 1. The van der Waals surface area contributed by atoms with Gasteiger partial charge >= 0.3 is 19.4 Å². The van der Waals surface area contributed by atoms with E-state index in [1.807, 2.05) is 0 Å². The Morgan fingerprint density at radius 3 is 2.68 bits per heavy atom. The van der Waals surface area contributed by atoms with E-state index < -0.39 is 50.4 Å². The van der Waals surface area contributed by atoms with Crippen molar-refractivity contribution in [3.8, 4) is 5.75 Å². The van der Waals surface area contributed by atoms with Crippen LogP contribution in [0.3, 0.4) is 0 Å². The van der Waals surface area contributed by atoms with Crippen molar-refractivity contribution >= 4 is 13.7 Å². The zero-order chi connectivity index (χ0) is 24.5. The summed E-state index contributed by atoms with van der Waals surface area (Å²) in [6.07, 6.45) is -3.68. The fourth-order valence-corrected chi connectivity index (χ4v) is 5.21. The van der Waals surface area contributed by atoms with Gasteiger partial charge in [0.2, 0.25) is 12.1 Å². The smallest absolute Gasteiger partial charge is 0.413 e. The number of aliphatic hydroxyl groups excluding tert-OH is 1. The highest BCUT2D eigenvalue weighted by Crippen LogP contribution is 2.48. The molecule has 2 N–H and O–H groups in total. The molecular formula is C20H23F2N4O7P. The van der Waals surface area contributed by atoms with Gasteiger partial charge in [-0.3, -0.25) is 13.9 Å². The predicted molar refractivity (Wildman–Crippen MR) is 113 cm³/mol. The van der Waals surface area contributed by atoms with Crippen LogP contribution in [-0.2, 0) is 18.6 Å². The summed E-state index contributed by atoms with van der Waals surface area (Å²) < 4.78 is 59.6. The Morgan fingerprint density at radius 1 is 1.29 bits per heavy atom. The Bertz CT molecular complexity index is 1140. The monoisotopic (exact) mass is 500 g/mol. The van der Waals surface area contributed by atoms with Gasteiger partial charge in [0.15, 0.2) is 6.10 Å². The van der Waals surface area contributed by atoms with Crippen LogP contribution < -0.4 is 15.3 Å². The molecule has 5 atom stereocenters. The molecule has 34 heavy (non-hydrogen) atoms. The summed E-state index contributed by atoms with van der Waals surface area (Å²) in [7, 11) is -2.71. The lowest BCUT2D eigenvalue weighted by Crippen LogP contribution is -2.42. The summed E-state index contributed by atoms with van der Waals surface area (Å²) in [5.41, 5.74) is -0.996. The van der Waals surface area contributed by atoms with Gasteiger partial charge in [0.25, 0.3) is 0 Å². The van der Waals surface area contributed by atoms with Gasteiger partial charge in [0, 0.05) is 26.0 Å². The third kappa shape index (κ3) is 4.89. The van der Waals surface area contributed by atoms with Crippen LogP contribution in [0.2, 0.25) is 0 Å². The number of carbonyl (C=O) groups excluding carboxylic acids is 1. The van der Waals surface area contributed by atoms with Gasteiger partial charge < -0.3 is 19.3 Å². The van der Waals surface area contributed by atoms with Crippen molar-refractivity contribution in [3.05, 3.63) is 59.3 Å². The zero-order valence-corrected chi connectivity index (χ0v) is 18.9. The number of amides is 1. The lowest BCUT2D eigenvalue weighted by atomic mass is 10.1. The SMILES string of the molecule is CN1CCC(N[P@@](=O)(OCC2O[C@@H](n3cccnc3=O)C(F)(F)[C@@H]2O)Oc2ccccc2)C1=O. The van der Waals surface area contributed by atoms with Crippen molar-refractivity contribution in [2.45, 2.75) is 36.8 Å². The number of rotatable bonds is 8. The summed E-state index contributed by atoms with van der Waals surface area (Å²) in [5.74, 6) is -4.06. The van der Waals surface area contributed by atoms with Crippen LogP contribution in [0.25, 0.3) is 0 Å². The van der Waals surface area contributed by atoms with Gasteiger partial charge in [-0.1, -0.05) is 18.2 Å². The summed E-state index contributed by atoms with van der Waals surface area (Å²) in [4.78, 5) is 29.0. The number of likely N-dealkylation sites (tertiary alicyclic amines) is 1. The predicted octanol–water partition coefficient (Wildman–Crippen LogP) is 1.16.